The lowest BCUT2D eigenvalue weighted by Gasteiger charge is -2.12. The number of anilines is 2. The third-order valence-corrected chi connectivity index (χ3v) is 3.19. The molecular formula is C13H16N2O3. The first-order valence-corrected chi connectivity index (χ1v) is 5.85. The van der Waals surface area contributed by atoms with E-state index in [0.717, 1.165) is 16.9 Å². The maximum Gasteiger partial charge on any atom is 0.308 e. The summed E-state index contributed by atoms with van der Waals surface area (Å²) < 4.78 is 0. The second-order valence-corrected chi connectivity index (χ2v) is 4.59. The molecule has 1 aliphatic rings. The zero-order valence-electron chi connectivity index (χ0n) is 10.4. The van der Waals surface area contributed by atoms with Gasteiger partial charge < -0.3 is 15.3 Å². The smallest absolute Gasteiger partial charge is 0.308 e. The van der Waals surface area contributed by atoms with Crippen molar-refractivity contribution >= 4 is 23.3 Å². The number of hydrogen-bond acceptors (Lipinski definition) is 3. The lowest BCUT2D eigenvalue weighted by Crippen LogP contribution is -2.20. The maximum atomic E-state index is 11.5. The van der Waals surface area contributed by atoms with E-state index in [1.807, 2.05) is 18.2 Å². The zero-order chi connectivity index (χ0) is 13.3. The average Bonchev–Trinajstić information content (AvgIpc) is 2.61. The van der Waals surface area contributed by atoms with Crippen molar-refractivity contribution in [2.75, 3.05) is 23.8 Å². The van der Waals surface area contributed by atoms with Gasteiger partial charge in [-0.3, -0.25) is 9.59 Å². The molecule has 2 rings (SSSR count). The average molecular weight is 248 g/mol. The van der Waals surface area contributed by atoms with Crippen LogP contribution in [0.3, 0.4) is 0 Å². The number of carboxylic acids is 1. The highest BCUT2D eigenvalue weighted by Gasteiger charge is 2.23. The highest BCUT2D eigenvalue weighted by atomic mass is 16.4. The van der Waals surface area contributed by atoms with Crippen LogP contribution in [0.2, 0.25) is 0 Å². The van der Waals surface area contributed by atoms with Crippen LogP contribution in [0.15, 0.2) is 18.2 Å². The zero-order valence-corrected chi connectivity index (χ0v) is 10.4. The molecular weight excluding hydrogens is 232 g/mol. The van der Waals surface area contributed by atoms with E-state index < -0.39 is 11.9 Å². The Balaban J connectivity index is 2.07. The molecule has 5 heteroatoms. The summed E-state index contributed by atoms with van der Waals surface area (Å²) in [5.41, 5.74) is 2.76. The van der Waals surface area contributed by atoms with E-state index in [9.17, 15) is 9.59 Å². The summed E-state index contributed by atoms with van der Waals surface area (Å²) in [6.45, 7) is 2.03. The van der Waals surface area contributed by atoms with Crippen LogP contribution in [0.5, 0.6) is 0 Å². The quantitative estimate of drug-likeness (QED) is 0.843. The minimum atomic E-state index is -0.821. The molecule has 2 N–H and O–H groups in total. The van der Waals surface area contributed by atoms with E-state index in [-0.39, 0.29) is 5.91 Å². The molecule has 1 heterocycles. The van der Waals surface area contributed by atoms with Crippen LogP contribution in [0.4, 0.5) is 11.4 Å². The van der Waals surface area contributed by atoms with Crippen molar-refractivity contribution < 1.29 is 14.7 Å². The molecule has 1 aromatic rings. The second-order valence-electron chi connectivity index (χ2n) is 4.59. The Labute approximate surface area is 105 Å². The number of carbonyl (C=O) groups is 2. The number of amides is 1. The van der Waals surface area contributed by atoms with Gasteiger partial charge >= 0.3 is 5.97 Å². The Bertz CT molecular complexity index is 499. The summed E-state index contributed by atoms with van der Waals surface area (Å²) in [6.07, 6.45) is 0.413. The Morgan fingerprint density at radius 3 is 2.94 bits per heavy atom. The van der Waals surface area contributed by atoms with Crippen LogP contribution in [0, 0.1) is 5.92 Å². The first kappa shape index (κ1) is 12.4. The van der Waals surface area contributed by atoms with Gasteiger partial charge in [-0.25, -0.2) is 0 Å². The van der Waals surface area contributed by atoms with Crippen LogP contribution in [0.25, 0.3) is 0 Å². The number of likely N-dealkylation sites (N-methyl/N-ethyl adjacent to an activating group) is 1. The maximum absolute atomic E-state index is 11.5. The highest BCUT2D eigenvalue weighted by molar-refractivity contribution is 6.01. The van der Waals surface area contributed by atoms with E-state index in [0.29, 0.717) is 13.0 Å². The molecule has 0 saturated carbocycles. The van der Waals surface area contributed by atoms with Crippen molar-refractivity contribution in [2.24, 2.45) is 5.92 Å². The van der Waals surface area contributed by atoms with Gasteiger partial charge in [-0.05, 0) is 23.8 Å². The first-order valence-electron chi connectivity index (χ1n) is 5.85. The van der Waals surface area contributed by atoms with Gasteiger partial charge in [-0.2, -0.15) is 0 Å². The highest BCUT2D eigenvalue weighted by Crippen LogP contribution is 2.29. The van der Waals surface area contributed by atoms with E-state index in [1.165, 1.54) is 0 Å². The van der Waals surface area contributed by atoms with Crippen molar-refractivity contribution in [2.45, 2.75) is 13.3 Å². The fourth-order valence-electron chi connectivity index (χ4n) is 1.94. The molecule has 1 aliphatic heterocycles. The van der Waals surface area contributed by atoms with Gasteiger partial charge in [0.15, 0.2) is 0 Å². The molecule has 1 aromatic carbocycles. The third-order valence-electron chi connectivity index (χ3n) is 3.19. The number of nitrogens with one attached hydrogen (secondary N) is 1. The van der Waals surface area contributed by atoms with Gasteiger partial charge in [0.1, 0.15) is 0 Å². The number of aliphatic carboxylic acids is 1. The fourth-order valence-corrected chi connectivity index (χ4v) is 1.94. The van der Waals surface area contributed by atoms with E-state index in [2.05, 4.69) is 5.32 Å². The summed E-state index contributed by atoms with van der Waals surface area (Å²) in [4.78, 5) is 23.9. The van der Waals surface area contributed by atoms with Gasteiger partial charge in [0.2, 0.25) is 5.91 Å². The van der Waals surface area contributed by atoms with Crippen LogP contribution in [-0.4, -0.2) is 30.6 Å². The monoisotopic (exact) mass is 248 g/mol. The Kier molecular flexibility index (Phi) is 3.23. The van der Waals surface area contributed by atoms with Gasteiger partial charge in [0, 0.05) is 25.0 Å². The van der Waals surface area contributed by atoms with Crippen molar-refractivity contribution in [3.63, 3.8) is 0 Å². The predicted molar refractivity (Wildman–Crippen MR) is 68.8 cm³/mol. The van der Waals surface area contributed by atoms with E-state index in [4.69, 9.17) is 5.11 Å². The Hall–Kier alpha value is -2.04. The molecule has 0 saturated heterocycles. The number of carbonyl (C=O) groups excluding carboxylic acids is 1. The summed E-state index contributed by atoms with van der Waals surface area (Å²) in [6, 6.07) is 5.65. The minimum absolute atomic E-state index is 0.0843. The fraction of sp³-hybridized carbons (Fsp3) is 0.385. The SMILES string of the molecule is CC(CNc1ccc2c(c1)CC(=O)N2C)C(=O)O. The van der Waals surface area contributed by atoms with Gasteiger partial charge in [-0.1, -0.05) is 6.92 Å². The molecule has 5 nitrogen and oxygen atoms in total. The first-order chi connectivity index (χ1) is 8.49. The third kappa shape index (κ3) is 2.30. The lowest BCUT2D eigenvalue weighted by atomic mass is 10.1. The molecule has 0 radical (unpaired) electrons. The molecule has 0 aromatic heterocycles. The summed E-state index contributed by atoms with van der Waals surface area (Å²) in [5.74, 6) is -1.18. The predicted octanol–water partition coefficient (Wildman–Crippen LogP) is 1.34. The van der Waals surface area contributed by atoms with Gasteiger partial charge in [0.25, 0.3) is 0 Å². The Morgan fingerprint density at radius 1 is 1.56 bits per heavy atom. The summed E-state index contributed by atoms with van der Waals surface area (Å²) in [5, 5.41) is 11.9. The molecule has 96 valence electrons. The number of nitrogens with zero attached hydrogens (tertiary/aromatic N) is 1. The number of hydrogen-bond donors (Lipinski definition) is 2. The summed E-state index contributed by atoms with van der Waals surface area (Å²) in [7, 11) is 1.76. The molecule has 18 heavy (non-hydrogen) atoms. The summed E-state index contributed by atoms with van der Waals surface area (Å²) >= 11 is 0. The molecule has 0 fully saturated rings. The van der Waals surface area contributed by atoms with Crippen LogP contribution in [-0.2, 0) is 16.0 Å². The number of rotatable bonds is 4. The van der Waals surface area contributed by atoms with Crippen molar-refractivity contribution in [1.29, 1.82) is 0 Å². The largest absolute Gasteiger partial charge is 0.481 e. The van der Waals surface area contributed by atoms with Gasteiger partial charge in [0.05, 0.1) is 12.3 Å². The molecule has 0 spiro atoms. The van der Waals surface area contributed by atoms with Crippen molar-refractivity contribution in [1.82, 2.24) is 0 Å². The number of carboxylic acid groups (broad SMARTS) is 1. The minimum Gasteiger partial charge on any atom is -0.481 e. The Morgan fingerprint density at radius 2 is 2.28 bits per heavy atom. The molecule has 0 bridgehead atoms. The van der Waals surface area contributed by atoms with E-state index in [1.54, 1.807) is 18.9 Å². The topological polar surface area (TPSA) is 69.6 Å². The molecule has 0 aliphatic carbocycles. The number of benzene rings is 1. The lowest BCUT2D eigenvalue weighted by molar-refractivity contribution is -0.140. The van der Waals surface area contributed by atoms with Gasteiger partial charge in [-0.15, -0.1) is 0 Å². The second kappa shape index (κ2) is 4.68. The molecule has 1 unspecified atom stereocenters. The van der Waals surface area contributed by atoms with Crippen LogP contribution < -0.4 is 10.2 Å². The van der Waals surface area contributed by atoms with Crippen molar-refractivity contribution in [3.8, 4) is 0 Å². The van der Waals surface area contributed by atoms with Crippen LogP contribution >= 0.6 is 0 Å². The standard InChI is InChI=1S/C13H16N2O3/c1-8(13(17)18)7-14-10-3-4-11-9(5-10)6-12(16)15(11)2/h3-5,8,14H,6-7H2,1-2H3,(H,17,18). The molecule has 1 amide bonds. The van der Waals surface area contributed by atoms with Crippen molar-refractivity contribution in [3.05, 3.63) is 23.8 Å². The van der Waals surface area contributed by atoms with E-state index >= 15 is 0 Å². The normalized spacial score (nSPS) is 15.4. The number of fused-ring (bicyclic) bond motifs is 1. The molecule has 1 atom stereocenters. The van der Waals surface area contributed by atoms with Crippen LogP contribution in [0.1, 0.15) is 12.5 Å².